The predicted molar refractivity (Wildman–Crippen MR) is 80.8 cm³/mol. The number of halogens is 3. The van der Waals surface area contributed by atoms with Crippen molar-refractivity contribution in [1.29, 1.82) is 0 Å². The number of ether oxygens (including phenoxy) is 1. The summed E-state index contributed by atoms with van der Waals surface area (Å²) in [6.45, 7) is 0. The molecule has 1 atom stereocenters. The molecule has 90 valence electrons. The second-order valence-electron chi connectivity index (χ2n) is 3.38. The van der Waals surface area contributed by atoms with E-state index in [2.05, 4.69) is 37.2 Å². The summed E-state index contributed by atoms with van der Waals surface area (Å²) in [4.78, 5) is 1.31. The maximum atomic E-state index is 5.95. The summed E-state index contributed by atoms with van der Waals surface area (Å²) >= 11 is 14.9. The highest BCUT2D eigenvalue weighted by molar-refractivity contribution is 9.11. The van der Waals surface area contributed by atoms with Crippen molar-refractivity contribution in [3.8, 4) is 5.75 Å². The average Bonchev–Trinajstić information content (AvgIpc) is 2.74. The van der Waals surface area contributed by atoms with Gasteiger partial charge in [0.2, 0.25) is 0 Å². The van der Waals surface area contributed by atoms with E-state index in [1.54, 1.807) is 18.4 Å². The van der Waals surface area contributed by atoms with Crippen molar-refractivity contribution in [1.82, 2.24) is 0 Å². The molecule has 0 fully saturated rings. The lowest BCUT2D eigenvalue weighted by Gasteiger charge is -2.14. The van der Waals surface area contributed by atoms with E-state index in [1.165, 1.54) is 4.88 Å². The van der Waals surface area contributed by atoms with E-state index in [4.69, 9.17) is 16.3 Å². The first-order valence-electron chi connectivity index (χ1n) is 4.84. The molecule has 1 unspecified atom stereocenters. The van der Waals surface area contributed by atoms with Crippen molar-refractivity contribution in [3.63, 3.8) is 0 Å². The minimum absolute atomic E-state index is 0.101. The summed E-state index contributed by atoms with van der Waals surface area (Å²) in [5.41, 5.74) is 1.07. The topological polar surface area (TPSA) is 9.23 Å². The van der Waals surface area contributed by atoms with Gasteiger partial charge in [-0.2, -0.15) is 0 Å². The quantitative estimate of drug-likeness (QED) is 0.609. The first-order valence-corrected chi connectivity index (χ1v) is 7.80. The molecule has 0 radical (unpaired) electrons. The molecule has 1 nitrogen and oxygen atoms in total. The minimum atomic E-state index is 0.101. The minimum Gasteiger partial charge on any atom is -0.496 e. The Balaban J connectivity index is 2.44. The summed E-state index contributed by atoms with van der Waals surface area (Å²) in [5.74, 6) is 0.791. The molecule has 0 bridgehead atoms. The fourth-order valence-electron chi connectivity index (χ4n) is 1.52. The van der Waals surface area contributed by atoms with Crippen molar-refractivity contribution in [2.24, 2.45) is 0 Å². The number of methoxy groups -OCH3 is 1. The molecule has 0 aliphatic heterocycles. The van der Waals surface area contributed by atoms with Crippen LogP contribution in [0.1, 0.15) is 15.3 Å². The molecule has 0 aliphatic rings. The Morgan fingerprint density at radius 2 is 2.12 bits per heavy atom. The highest BCUT2D eigenvalue weighted by atomic mass is 79.9. The number of thiophene rings is 1. The lowest BCUT2D eigenvalue weighted by Crippen LogP contribution is -1.95. The molecule has 2 aromatic rings. The molecule has 1 aromatic carbocycles. The fraction of sp³-hybridized carbons (Fsp3) is 0.167. The molecule has 0 N–H and O–H groups in total. The molecule has 1 heterocycles. The zero-order valence-corrected chi connectivity index (χ0v) is 13.7. The first kappa shape index (κ1) is 13.4. The summed E-state index contributed by atoms with van der Waals surface area (Å²) < 4.78 is 6.46. The predicted octanol–water partition coefficient (Wildman–Crippen LogP) is 5.66. The maximum absolute atomic E-state index is 5.95. The molecule has 0 saturated carbocycles. The standard InChI is InChI=1S/C12H9Br2ClOS/c1-16-10-6-7(15)2-3-8(10)11(14)12-9(13)4-5-17-12/h2-6,11H,1H3. The second kappa shape index (κ2) is 5.74. The summed E-state index contributed by atoms with van der Waals surface area (Å²) in [7, 11) is 1.65. The molecule has 1 aromatic heterocycles. The van der Waals surface area contributed by atoms with Gasteiger partial charge in [0, 0.05) is 19.9 Å². The van der Waals surface area contributed by atoms with Crippen LogP contribution in [0.15, 0.2) is 34.1 Å². The number of benzene rings is 1. The van der Waals surface area contributed by atoms with Gasteiger partial charge in [-0.15, -0.1) is 11.3 Å². The molecule has 17 heavy (non-hydrogen) atoms. The molecular formula is C12H9Br2ClOS. The van der Waals surface area contributed by atoms with Crippen LogP contribution < -0.4 is 4.74 Å². The number of hydrogen-bond donors (Lipinski definition) is 0. The maximum Gasteiger partial charge on any atom is 0.125 e. The van der Waals surface area contributed by atoms with E-state index in [-0.39, 0.29) is 4.83 Å². The molecule has 0 spiro atoms. The second-order valence-corrected chi connectivity index (χ2v) is 6.54. The van der Waals surface area contributed by atoms with Crippen LogP contribution >= 0.6 is 54.8 Å². The van der Waals surface area contributed by atoms with E-state index in [1.807, 2.05) is 24.3 Å². The van der Waals surface area contributed by atoms with Crippen molar-refractivity contribution < 1.29 is 4.74 Å². The van der Waals surface area contributed by atoms with Gasteiger partial charge in [-0.05, 0) is 39.5 Å². The summed E-state index contributed by atoms with van der Waals surface area (Å²) in [5, 5.41) is 2.73. The third-order valence-corrected chi connectivity index (χ3v) is 5.77. The number of rotatable bonds is 3. The Morgan fingerprint density at radius 1 is 1.35 bits per heavy atom. The van der Waals surface area contributed by atoms with E-state index in [0.717, 1.165) is 15.8 Å². The third-order valence-electron chi connectivity index (χ3n) is 2.34. The van der Waals surface area contributed by atoms with Crippen molar-refractivity contribution in [3.05, 3.63) is 49.6 Å². The number of hydrogen-bond acceptors (Lipinski definition) is 2. The SMILES string of the molecule is COc1cc(Cl)ccc1C(Br)c1sccc1Br. The van der Waals surface area contributed by atoms with Gasteiger partial charge < -0.3 is 4.74 Å². The highest BCUT2D eigenvalue weighted by Gasteiger charge is 2.18. The van der Waals surface area contributed by atoms with Gasteiger partial charge in [0.25, 0.3) is 0 Å². The van der Waals surface area contributed by atoms with Crippen LogP contribution in [-0.2, 0) is 0 Å². The smallest absolute Gasteiger partial charge is 0.125 e. The van der Waals surface area contributed by atoms with Crippen LogP contribution in [0.5, 0.6) is 5.75 Å². The summed E-state index contributed by atoms with van der Waals surface area (Å²) in [6, 6.07) is 7.71. The fourth-order valence-corrected chi connectivity index (χ4v) is 4.53. The lowest BCUT2D eigenvalue weighted by molar-refractivity contribution is 0.410. The van der Waals surface area contributed by atoms with E-state index < -0.39 is 0 Å². The monoisotopic (exact) mass is 394 g/mol. The van der Waals surface area contributed by atoms with E-state index >= 15 is 0 Å². The highest BCUT2D eigenvalue weighted by Crippen LogP contribution is 2.42. The Morgan fingerprint density at radius 3 is 2.71 bits per heavy atom. The van der Waals surface area contributed by atoms with E-state index in [9.17, 15) is 0 Å². The Kier molecular flexibility index (Phi) is 4.53. The molecule has 0 saturated heterocycles. The van der Waals surface area contributed by atoms with Gasteiger partial charge in [0.05, 0.1) is 11.9 Å². The van der Waals surface area contributed by atoms with Crippen LogP contribution in [-0.4, -0.2) is 7.11 Å². The molecule has 2 rings (SSSR count). The normalized spacial score (nSPS) is 12.5. The van der Waals surface area contributed by atoms with Gasteiger partial charge >= 0.3 is 0 Å². The van der Waals surface area contributed by atoms with Crippen LogP contribution in [0.25, 0.3) is 0 Å². The summed E-state index contributed by atoms with van der Waals surface area (Å²) in [6.07, 6.45) is 0. The van der Waals surface area contributed by atoms with Gasteiger partial charge in [0.1, 0.15) is 5.75 Å². The van der Waals surface area contributed by atoms with Gasteiger partial charge in [-0.25, -0.2) is 0 Å². The third kappa shape index (κ3) is 2.87. The zero-order chi connectivity index (χ0) is 12.4. The molecule has 0 aliphatic carbocycles. The van der Waals surface area contributed by atoms with Crippen molar-refractivity contribution in [2.45, 2.75) is 4.83 Å². The number of alkyl halides is 1. The first-order chi connectivity index (χ1) is 8.13. The molecule has 5 heteroatoms. The van der Waals surface area contributed by atoms with Crippen molar-refractivity contribution in [2.75, 3.05) is 7.11 Å². The van der Waals surface area contributed by atoms with Crippen LogP contribution in [0.2, 0.25) is 5.02 Å². The Hall–Kier alpha value is -0.0300. The van der Waals surface area contributed by atoms with Gasteiger partial charge in [0.15, 0.2) is 0 Å². The van der Waals surface area contributed by atoms with E-state index in [0.29, 0.717) is 5.02 Å². The average molecular weight is 397 g/mol. The molecular weight excluding hydrogens is 387 g/mol. The van der Waals surface area contributed by atoms with Crippen molar-refractivity contribution >= 4 is 54.8 Å². The van der Waals surface area contributed by atoms with Gasteiger partial charge in [-0.3, -0.25) is 0 Å². The van der Waals surface area contributed by atoms with Gasteiger partial charge in [-0.1, -0.05) is 33.6 Å². The van der Waals surface area contributed by atoms with Crippen LogP contribution in [0, 0.1) is 0 Å². The largest absolute Gasteiger partial charge is 0.496 e. The van der Waals surface area contributed by atoms with Crippen LogP contribution in [0.4, 0.5) is 0 Å². The zero-order valence-electron chi connectivity index (χ0n) is 8.91. The Labute approximate surface area is 126 Å². The molecule has 0 amide bonds. The van der Waals surface area contributed by atoms with Crippen LogP contribution in [0.3, 0.4) is 0 Å². The Bertz CT molecular complexity index is 527. The lowest BCUT2D eigenvalue weighted by atomic mass is 10.1.